The molecule has 4 nitrogen and oxygen atoms in total. The normalized spacial score (nSPS) is 11.9. The van der Waals surface area contributed by atoms with E-state index in [4.69, 9.17) is 14.6 Å². The van der Waals surface area contributed by atoms with E-state index >= 15 is 0 Å². The number of benzene rings is 2. The summed E-state index contributed by atoms with van der Waals surface area (Å²) in [6.07, 6.45) is -0.917. The standard InChI is InChI=1S/C16H18O4/c1-19-15-8-7-13(14(18)10-17)9-16(15)20-11-12-5-3-2-4-6-12/h2-9,14,17-18H,10-11H2,1H3/t14-/m1/s1. The zero-order chi connectivity index (χ0) is 14.4. The van der Waals surface area contributed by atoms with Gasteiger partial charge in [-0.25, -0.2) is 0 Å². The van der Waals surface area contributed by atoms with Crippen molar-refractivity contribution in [3.8, 4) is 11.5 Å². The molecular weight excluding hydrogens is 256 g/mol. The molecule has 4 heteroatoms. The van der Waals surface area contributed by atoms with E-state index in [1.165, 1.54) is 0 Å². The Bertz CT molecular complexity index is 539. The second-order valence-electron chi connectivity index (χ2n) is 4.38. The monoisotopic (exact) mass is 274 g/mol. The summed E-state index contributed by atoms with van der Waals surface area (Å²) in [4.78, 5) is 0. The van der Waals surface area contributed by atoms with Crippen molar-refractivity contribution in [2.75, 3.05) is 13.7 Å². The minimum atomic E-state index is -0.917. The number of hydrogen-bond donors (Lipinski definition) is 2. The van der Waals surface area contributed by atoms with E-state index in [1.807, 2.05) is 30.3 Å². The van der Waals surface area contributed by atoms with Crippen LogP contribution in [0.25, 0.3) is 0 Å². The van der Waals surface area contributed by atoms with E-state index < -0.39 is 6.10 Å². The molecule has 2 N–H and O–H groups in total. The number of methoxy groups -OCH3 is 1. The molecule has 2 aromatic carbocycles. The average Bonchev–Trinajstić information content (AvgIpc) is 2.52. The van der Waals surface area contributed by atoms with Crippen LogP contribution in [0.15, 0.2) is 48.5 Å². The average molecular weight is 274 g/mol. The summed E-state index contributed by atoms with van der Waals surface area (Å²) < 4.78 is 11.0. The summed E-state index contributed by atoms with van der Waals surface area (Å²) in [7, 11) is 1.56. The highest BCUT2D eigenvalue weighted by Crippen LogP contribution is 2.30. The first kappa shape index (κ1) is 14.4. The molecule has 0 aromatic heterocycles. The van der Waals surface area contributed by atoms with Gasteiger partial charge in [0.2, 0.25) is 0 Å². The van der Waals surface area contributed by atoms with Crippen LogP contribution in [0, 0.1) is 0 Å². The molecule has 0 unspecified atom stereocenters. The smallest absolute Gasteiger partial charge is 0.162 e. The van der Waals surface area contributed by atoms with E-state index in [0.717, 1.165) is 5.56 Å². The van der Waals surface area contributed by atoms with Crippen molar-refractivity contribution in [3.63, 3.8) is 0 Å². The molecule has 0 amide bonds. The van der Waals surface area contributed by atoms with Crippen LogP contribution >= 0.6 is 0 Å². The lowest BCUT2D eigenvalue weighted by molar-refractivity contribution is 0.0952. The lowest BCUT2D eigenvalue weighted by atomic mass is 10.1. The van der Waals surface area contributed by atoms with Gasteiger partial charge in [0.1, 0.15) is 12.7 Å². The second-order valence-corrected chi connectivity index (χ2v) is 4.38. The van der Waals surface area contributed by atoms with Crippen LogP contribution in [-0.4, -0.2) is 23.9 Å². The molecule has 2 aromatic rings. The zero-order valence-electron chi connectivity index (χ0n) is 11.3. The van der Waals surface area contributed by atoms with E-state index in [0.29, 0.717) is 23.7 Å². The highest BCUT2D eigenvalue weighted by Gasteiger charge is 2.11. The summed E-state index contributed by atoms with van der Waals surface area (Å²) in [5.41, 5.74) is 1.64. The molecule has 106 valence electrons. The minimum absolute atomic E-state index is 0.329. The summed E-state index contributed by atoms with van der Waals surface area (Å²) in [5.74, 6) is 1.14. The quantitative estimate of drug-likeness (QED) is 0.848. The van der Waals surface area contributed by atoms with Crippen molar-refractivity contribution in [3.05, 3.63) is 59.7 Å². The van der Waals surface area contributed by atoms with Gasteiger partial charge in [0.15, 0.2) is 11.5 Å². The molecule has 1 atom stereocenters. The molecule has 0 saturated carbocycles. The molecule has 0 spiro atoms. The fourth-order valence-electron chi connectivity index (χ4n) is 1.85. The van der Waals surface area contributed by atoms with Gasteiger partial charge in [-0.1, -0.05) is 36.4 Å². The van der Waals surface area contributed by atoms with Crippen molar-refractivity contribution in [2.24, 2.45) is 0 Å². The lowest BCUT2D eigenvalue weighted by Gasteiger charge is -2.14. The molecule has 0 aliphatic rings. The van der Waals surface area contributed by atoms with Crippen LogP contribution in [0.3, 0.4) is 0 Å². The van der Waals surface area contributed by atoms with Crippen LogP contribution in [-0.2, 0) is 6.61 Å². The topological polar surface area (TPSA) is 58.9 Å². The summed E-state index contributed by atoms with van der Waals surface area (Å²) in [6.45, 7) is 0.0837. The van der Waals surface area contributed by atoms with Crippen LogP contribution in [0.1, 0.15) is 17.2 Å². The fourth-order valence-corrected chi connectivity index (χ4v) is 1.85. The van der Waals surface area contributed by atoms with Gasteiger partial charge in [-0.05, 0) is 23.3 Å². The predicted molar refractivity (Wildman–Crippen MR) is 75.8 cm³/mol. The van der Waals surface area contributed by atoms with Crippen LogP contribution in [0.2, 0.25) is 0 Å². The fraction of sp³-hybridized carbons (Fsp3) is 0.250. The van der Waals surface area contributed by atoms with Gasteiger partial charge < -0.3 is 19.7 Å². The first-order chi connectivity index (χ1) is 9.74. The van der Waals surface area contributed by atoms with Crippen molar-refractivity contribution in [1.82, 2.24) is 0 Å². The Kier molecular flexibility index (Phi) is 4.98. The Morgan fingerprint density at radius 3 is 2.45 bits per heavy atom. The molecule has 0 radical (unpaired) electrons. The van der Waals surface area contributed by atoms with Gasteiger partial charge in [-0.2, -0.15) is 0 Å². The molecule has 0 saturated heterocycles. The summed E-state index contributed by atoms with van der Waals surface area (Å²) >= 11 is 0. The SMILES string of the molecule is COc1ccc([C@H](O)CO)cc1OCc1ccccc1. The van der Waals surface area contributed by atoms with E-state index in [2.05, 4.69) is 0 Å². The van der Waals surface area contributed by atoms with Gasteiger partial charge in [-0.3, -0.25) is 0 Å². The Hall–Kier alpha value is -2.04. The maximum absolute atomic E-state index is 9.66. The molecule has 0 heterocycles. The Balaban J connectivity index is 2.16. The van der Waals surface area contributed by atoms with Gasteiger partial charge >= 0.3 is 0 Å². The first-order valence-corrected chi connectivity index (χ1v) is 6.38. The number of rotatable bonds is 6. The Morgan fingerprint density at radius 1 is 1.05 bits per heavy atom. The molecule has 20 heavy (non-hydrogen) atoms. The van der Waals surface area contributed by atoms with E-state index in [9.17, 15) is 5.11 Å². The zero-order valence-corrected chi connectivity index (χ0v) is 11.3. The van der Waals surface area contributed by atoms with Crippen molar-refractivity contribution < 1.29 is 19.7 Å². The highest BCUT2D eigenvalue weighted by molar-refractivity contribution is 5.43. The third-order valence-corrected chi connectivity index (χ3v) is 2.98. The lowest BCUT2D eigenvalue weighted by Crippen LogP contribution is -2.04. The largest absolute Gasteiger partial charge is 0.493 e. The summed E-state index contributed by atoms with van der Waals surface area (Å²) in [5, 5.41) is 18.6. The number of aliphatic hydroxyl groups excluding tert-OH is 2. The maximum atomic E-state index is 9.66. The van der Waals surface area contributed by atoms with Gasteiger partial charge in [0.05, 0.1) is 13.7 Å². The third kappa shape index (κ3) is 3.50. The van der Waals surface area contributed by atoms with Crippen molar-refractivity contribution in [1.29, 1.82) is 0 Å². The van der Waals surface area contributed by atoms with Gasteiger partial charge in [-0.15, -0.1) is 0 Å². The molecule has 2 rings (SSSR count). The first-order valence-electron chi connectivity index (χ1n) is 6.38. The number of hydrogen-bond acceptors (Lipinski definition) is 4. The van der Waals surface area contributed by atoms with Gasteiger partial charge in [0, 0.05) is 0 Å². The van der Waals surface area contributed by atoms with E-state index in [-0.39, 0.29) is 6.61 Å². The number of aliphatic hydroxyl groups is 2. The highest BCUT2D eigenvalue weighted by atomic mass is 16.5. The van der Waals surface area contributed by atoms with Crippen LogP contribution < -0.4 is 9.47 Å². The van der Waals surface area contributed by atoms with E-state index in [1.54, 1.807) is 25.3 Å². The van der Waals surface area contributed by atoms with Crippen LogP contribution in [0.4, 0.5) is 0 Å². The maximum Gasteiger partial charge on any atom is 0.162 e. The van der Waals surface area contributed by atoms with Crippen molar-refractivity contribution in [2.45, 2.75) is 12.7 Å². The van der Waals surface area contributed by atoms with Crippen LogP contribution in [0.5, 0.6) is 11.5 Å². The number of ether oxygens (including phenoxy) is 2. The molecule has 0 aliphatic heterocycles. The van der Waals surface area contributed by atoms with Gasteiger partial charge in [0.25, 0.3) is 0 Å². The molecule has 0 bridgehead atoms. The Morgan fingerprint density at radius 2 is 1.80 bits per heavy atom. The molecule has 0 fully saturated rings. The molecule has 0 aliphatic carbocycles. The molecular formula is C16H18O4. The second kappa shape index (κ2) is 6.93. The predicted octanol–water partition coefficient (Wildman–Crippen LogP) is 2.30. The third-order valence-electron chi connectivity index (χ3n) is 2.98. The minimum Gasteiger partial charge on any atom is -0.493 e. The summed E-state index contributed by atoms with van der Waals surface area (Å²) in [6, 6.07) is 14.9. The van der Waals surface area contributed by atoms with Crippen molar-refractivity contribution >= 4 is 0 Å². The Labute approximate surface area is 118 Å².